The number of alkyl halides is 1. The van der Waals surface area contributed by atoms with Gasteiger partial charge in [0.2, 0.25) is 4.80 Å². The average molecular weight is 621 g/mol. The predicted octanol–water partition coefficient (Wildman–Crippen LogP) is 0.173. The van der Waals surface area contributed by atoms with Gasteiger partial charge in [-0.2, -0.15) is 9.72 Å². The second-order valence-electron chi connectivity index (χ2n) is 8.72. The van der Waals surface area contributed by atoms with Gasteiger partial charge < -0.3 is 20.5 Å². The van der Waals surface area contributed by atoms with Crippen LogP contribution in [-0.4, -0.2) is 83.4 Å². The van der Waals surface area contributed by atoms with E-state index in [0.717, 1.165) is 17.0 Å². The van der Waals surface area contributed by atoms with Gasteiger partial charge >= 0.3 is 5.97 Å². The Morgan fingerprint density at radius 2 is 2.10 bits per heavy atom. The molecular weight excluding hydrogens is 598 g/mol. The van der Waals surface area contributed by atoms with Crippen LogP contribution in [-0.2, 0) is 30.6 Å². The number of oxime groups is 1. The quantitative estimate of drug-likeness (QED) is 0.0759. The molecule has 5 rings (SSSR count). The maximum absolute atomic E-state index is 13.3. The van der Waals surface area contributed by atoms with Crippen molar-refractivity contribution in [3.63, 3.8) is 0 Å². The Morgan fingerprint density at radius 1 is 1.29 bits per heavy atom. The summed E-state index contributed by atoms with van der Waals surface area (Å²) in [5.74, 6) is -3.47. The summed E-state index contributed by atoms with van der Waals surface area (Å²) in [7, 11) is 0. The summed E-state index contributed by atoms with van der Waals surface area (Å²) in [5.41, 5.74) is 0.795. The van der Waals surface area contributed by atoms with Crippen molar-refractivity contribution in [3.8, 4) is 0 Å². The summed E-state index contributed by atoms with van der Waals surface area (Å²) in [6.45, 7) is 2.01. The Kier molecular flexibility index (Phi) is 8.14. The van der Waals surface area contributed by atoms with Crippen molar-refractivity contribution in [2.24, 2.45) is 10.1 Å². The van der Waals surface area contributed by atoms with E-state index in [2.05, 4.69) is 15.5 Å². The first kappa shape index (κ1) is 28.4. The lowest BCUT2D eigenvalue weighted by atomic mass is 10.0. The van der Waals surface area contributed by atoms with Gasteiger partial charge in [0, 0.05) is 22.8 Å². The largest absolute Gasteiger partial charge is 0.477 e. The summed E-state index contributed by atoms with van der Waals surface area (Å²) in [4.78, 5) is 60.1. The van der Waals surface area contributed by atoms with Crippen LogP contribution in [0.25, 0.3) is 5.65 Å². The van der Waals surface area contributed by atoms with Gasteiger partial charge in [0.15, 0.2) is 5.71 Å². The first-order valence-electron chi connectivity index (χ1n) is 12.1. The molecule has 14 nitrogen and oxygen atoms in total. The number of halogens is 1. The van der Waals surface area contributed by atoms with Gasteiger partial charge in [0.05, 0.1) is 6.20 Å². The molecule has 1 fully saturated rings. The second kappa shape index (κ2) is 11.8. The highest BCUT2D eigenvalue weighted by Crippen LogP contribution is 2.40. The predicted molar refractivity (Wildman–Crippen MR) is 146 cm³/mol. The van der Waals surface area contributed by atoms with Crippen molar-refractivity contribution < 1.29 is 38.9 Å². The van der Waals surface area contributed by atoms with E-state index >= 15 is 0 Å². The molecule has 5 heterocycles. The molecule has 17 heteroatoms. The fourth-order valence-electron chi connectivity index (χ4n) is 4.41. The van der Waals surface area contributed by atoms with E-state index in [1.165, 1.54) is 22.0 Å². The number of aliphatic carboxylic acids is 1. The minimum atomic E-state index is -1.24. The van der Waals surface area contributed by atoms with Crippen molar-refractivity contribution in [2.45, 2.75) is 24.9 Å². The zero-order valence-electron chi connectivity index (χ0n) is 21.3. The first-order valence-corrected chi connectivity index (χ1v) is 14.6. The third kappa shape index (κ3) is 5.32. The minimum absolute atomic E-state index is 0.105. The fraction of sp³-hybridized carbons (Fsp3) is 0.292. The molecule has 0 aliphatic carbocycles. The van der Waals surface area contributed by atoms with Crippen LogP contribution in [0.4, 0.5) is 0 Å². The average Bonchev–Trinajstić information content (AvgIpc) is 3.54. The molecule has 2 aliphatic heterocycles. The standard InChI is InChI=1S/C24H22ClN7O7S2/c1-2-39-28-17(14-12-41-24(32(14)38)26-15(33)9-25)20(34)27-18-21(35)31-19(23(36)37)13(11-40-22(18)31)10-30-8-7-29-6-4-3-5-16(29)30/h3-8,12,18,22,38H,2,9-11H2,1H3,(H-,27,34,36,37)/p+1/t18-,22+/m1/s1. The number of aromatic nitrogens is 3. The van der Waals surface area contributed by atoms with E-state index in [1.807, 2.05) is 45.8 Å². The lowest BCUT2D eigenvalue weighted by molar-refractivity contribution is -0.662. The Balaban J connectivity index is 1.38. The molecule has 3 N–H and O–H groups in total. The lowest BCUT2D eigenvalue weighted by Gasteiger charge is -2.49. The highest BCUT2D eigenvalue weighted by atomic mass is 35.5. The van der Waals surface area contributed by atoms with Gasteiger partial charge in [0.25, 0.3) is 23.4 Å². The number of β-lactam (4-membered cyclic amide) rings is 1. The maximum atomic E-state index is 13.3. The lowest BCUT2D eigenvalue weighted by Crippen LogP contribution is -2.71. The number of thiazole rings is 1. The van der Waals surface area contributed by atoms with Gasteiger partial charge in [-0.3, -0.25) is 19.3 Å². The van der Waals surface area contributed by atoms with Crippen molar-refractivity contribution in [2.75, 3.05) is 18.2 Å². The molecule has 3 aromatic rings. The maximum Gasteiger partial charge on any atom is 0.352 e. The number of hydrogen-bond donors (Lipinski definition) is 3. The Morgan fingerprint density at radius 3 is 2.83 bits per heavy atom. The molecule has 2 atom stereocenters. The third-order valence-electron chi connectivity index (χ3n) is 6.23. The van der Waals surface area contributed by atoms with Crippen LogP contribution in [0, 0.1) is 0 Å². The number of rotatable bonds is 9. The van der Waals surface area contributed by atoms with Crippen LogP contribution >= 0.6 is 34.7 Å². The topological polar surface area (TPSA) is 171 Å². The minimum Gasteiger partial charge on any atom is -0.477 e. The summed E-state index contributed by atoms with van der Waals surface area (Å²) in [5, 5.41) is 27.6. The van der Waals surface area contributed by atoms with E-state index in [1.54, 1.807) is 6.92 Å². The summed E-state index contributed by atoms with van der Waals surface area (Å²) in [6.07, 6.45) is 5.57. The van der Waals surface area contributed by atoms with E-state index < -0.39 is 41.0 Å². The third-order valence-corrected chi connectivity index (χ3v) is 8.61. The molecule has 41 heavy (non-hydrogen) atoms. The number of thioether (sulfide) groups is 1. The van der Waals surface area contributed by atoms with Crippen LogP contribution in [0.1, 0.15) is 12.6 Å². The normalized spacial score (nSPS) is 19.3. The zero-order chi connectivity index (χ0) is 29.3. The summed E-state index contributed by atoms with van der Waals surface area (Å²) >= 11 is 7.66. The molecule has 0 bridgehead atoms. The Labute approximate surface area is 244 Å². The number of carboxylic acids is 1. The number of nitrogens with one attached hydrogen (secondary N) is 1. The monoisotopic (exact) mass is 620 g/mol. The van der Waals surface area contributed by atoms with Gasteiger partial charge in [-0.05, 0) is 13.0 Å². The van der Waals surface area contributed by atoms with Crippen molar-refractivity contribution in [1.82, 2.24) is 19.3 Å². The highest BCUT2D eigenvalue weighted by Gasteiger charge is 2.54. The molecule has 3 amide bonds. The second-order valence-corrected chi connectivity index (χ2v) is 10.9. The molecule has 214 valence electrons. The Hall–Kier alpha value is -4.15. The number of carboxylic acid groups (broad SMARTS) is 1. The molecule has 1 saturated heterocycles. The first-order chi connectivity index (χ1) is 19.7. The molecule has 0 spiro atoms. The molecule has 0 radical (unpaired) electrons. The molecule has 0 unspecified atom stereocenters. The van der Waals surface area contributed by atoms with E-state index in [0.29, 0.717) is 16.1 Å². The number of amides is 3. The molecule has 2 aliphatic rings. The van der Waals surface area contributed by atoms with E-state index in [9.17, 15) is 29.5 Å². The van der Waals surface area contributed by atoms with Crippen molar-refractivity contribution >= 4 is 69.7 Å². The van der Waals surface area contributed by atoms with Crippen molar-refractivity contribution in [3.05, 3.63) is 63.9 Å². The van der Waals surface area contributed by atoms with Crippen LogP contribution in [0.15, 0.2) is 63.6 Å². The molecule has 0 aromatic carbocycles. The van der Waals surface area contributed by atoms with E-state index in [-0.39, 0.29) is 35.1 Å². The van der Waals surface area contributed by atoms with Gasteiger partial charge in [-0.1, -0.05) is 11.2 Å². The number of pyridine rings is 1. The molecular formula is C24H23ClN7O7S2+. The number of hydrogen-bond acceptors (Lipinski definition) is 9. The van der Waals surface area contributed by atoms with Crippen LogP contribution < -0.4 is 14.7 Å². The fourth-order valence-corrected chi connectivity index (χ4v) is 6.59. The SMILES string of the molecule is CCON=C(C(=O)N[C@@H]1C(=O)N2C(C(=O)O)=C(C[n+]3ccn4ccccc43)CS[C@@H]12)c1csc(=NC(=O)CCl)n1O. The van der Waals surface area contributed by atoms with Crippen LogP contribution in [0.2, 0.25) is 0 Å². The van der Waals surface area contributed by atoms with Crippen molar-refractivity contribution in [1.29, 1.82) is 0 Å². The number of carbonyl (C=O) groups is 4. The van der Waals surface area contributed by atoms with E-state index in [4.69, 9.17) is 16.4 Å². The number of imidazole rings is 1. The zero-order valence-corrected chi connectivity index (χ0v) is 23.7. The summed E-state index contributed by atoms with van der Waals surface area (Å²) < 4.78 is 4.29. The number of nitrogens with zero attached hydrogens (tertiary/aromatic N) is 6. The number of fused-ring (bicyclic) bond motifs is 2. The van der Waals surface area contributed by atoms with Gasteiger partial charge in [0.1, 0.15) is 54.2 Å². The van der Waals surface area contributed by atoms with Gasteiger partial charge in [-0.25, -0.2) is 13.8 Å². The smallest absolute Gasteiger partial charge is 0.352 e. The van der Waals surface area contributed by atoms with Crippen LogP contribution in [0.5, 0.6) is 0 Å². The highest BCUT2D eigenvalue weighted by molar-refractivity contribution is 8.00. The Bertz CT molecular complexity index is 1690. The molecule has 3 aromatic heterocycles. The number of carbonyl (C=O) groups excluding carboxylic acids is 3. The summed E-state index contributed by atoms with van der Waals surface area (Å²) in [6, 6.07) is 4.61. The van der Waals surface area contributed by atoms with Crippen LogP contribution in [0.3, 0.4) is 0 Å². The molecule has 0 saturated carbocycles. The van der Waals surface area contributed by atoms with Gasteiger partial charge in [-0.15, -0.1) is 34.7 Å².